The van der Waals surface area contributed by atoms with E-state index in [2.05, 4.69) is 18.4 Å². The molecule has 0 saturated carbocycles. The molecule has 0 aromatic rings. The summed E-state index contributed by atoms with van der Waals surface area (Å²) in [5.41, 5.74) is -0.400. The number of ether oxygens (including phenoxy) is 1. The molecule has 2 atom stereocenters. The van der Waals surface area contributed by atoms with E-state index < -0.39 is 5.60 Å². The van der Waals surface area contributed by atoms with Crippen molar-refractivity contribution >= 4 is 5.97 Å². The lowest BCUT2D eigenvalue weighted by Crippen LogP contribution is -2.43. The number of nitrogens with zero attached hydrogens (tertiary/aromatic N) is 1. The summed E-state index contributed by atoms with van der Waals surface area (Å²) in [5, 5.41) is 0. The number of carbonyl (C=O) groups is 1. The van der Waals surface area contributed by atoms with E-state index in [4.69, 9.17) is 4.74 Å². The van der Waals surface area contributed by atoms with Gasteiger partial charge in [-0.05, 0) is 47.1 Å². The molecule has 1 fully saturated rings. The predicted octanol–water partition coefficient (Wildman–Crippen LogP) is 2.37. The van der Waals surface area contributed by atoms with Gasteiger partial charge in [-0.2, -0.15) is 0 Å². The van der Waals surface area contributed by atoms with Gasteiger partial charge in [-0.1, -0.05) is 6.08 Å². The Morgan fingerprint density at radius 2 is 2.19 bits per heavy atom. The van der Waals surface area contributed by atoms with Crippen LogP contribution in [0.15, 0.2) is 12.7 Å². The predicted molar refractivity (Wildman–Crippen MR) is 65.2 cm³/mol. The van der Waals surface area contributed by atoms with Crippen molar-refractivity contribution in [3.63, 3.8) is 0 Å². The van der Waals surface area contributed by atoms with E-state index in [1.807, 2.05) is 26.8 Å². The molecule has 1 unspecified atom stereocenters. The zero-order valence-corrected chi connectivity index (χ0v) is 10.8. The summed E-state index contributed by atoms with van der Waals surface area (Å²) in [5.74, 6) is -0.0984. The van der Waals surface area contributed by atoms with Crippen molar-refractivity contribution in [1.82, 2.24) is 4.90 Å². The summed E-state index contributed by atoms with van der Waals surface area (Å²) < 4.78 is 5.43. The number of esters is 1. The maximum atomic E-state index is 12.0. The Balaban J connectivity index is 2.64. The summed E-state index contributed by atoms with van der Waals surface area (Å²) in [6.45, 7) is 12.5. The molecular weight excluding hydrogens is 202 g/mol. The first-order valence-electron chi connectivity index (χ1n) is 5.96. The fourth-order valence-corrected chi connectivity index (χ4v) is 2.03. The summed E-state index contributed by atoms with van der Waals surface area (Å²) >= 11 is 0. The number of rotatable bonds is 3. The fraction of sp³-hybridized carbons (Fsp3) is 0.769. The normalized spacial score (nSPS) is 24.1. The Kier molecular flexibility index (Phi) is 4.14. The van der Waals surface area contributed by atoms with Crippen LogP contribution in [-0.2, 0) is 9.53 Å². The number of hydrogen-bond donors (Lipinski definition) is 0. The highest BCUT2D eigenvalue weighted by atomic mass is 16.6. The first kappa shape index (κ1) is 13.2. The third kappa shape index (κ3) is 3.34. The van der Waals surface area contributed by atoms with Gasteiger partial charge in [0, 0.05) is 6.04 Å². The second-order valence-electron chi connectivity index (χ2n) is 5.41. The van der Waals surface area contributed by atoms with Crippen LogP contribution in [0.4, 0.5) is 0 Å². The number of hydrogen-bond acceptors (Lipinski definition) is 3. The van der Waals surface area contributed by atoms with Crippen LogP contribution in [-0.4, -0.2) is 35.1 Å². The molecule has 1 rings (SSSR count). The van der Waals surface area contributed by atoms with Crippen molar-refractivity contribution in [2.45, 2.75) is 58.2 Å². The molecule has 92 valence electrons. The van der Waals surface area contributed by atoms with Crippen molar-refractivity contribution in [2.75, 3.05) is 6.54 Å². The topological polar surface area (TPSA) is 29.5 Å². The van der Waals surface area contributed by atoms with Gasteiger partial charge in [0.25, 0.3) is 0 Å². The largest absolute Gasteiger partial charge is 0.459 e. The minimum absolute atomic E-state index is 0.0905. The highest BCUT2D eigenvalue weighted by molar-refractivity contribution is 5.76. The Hall–Kier alpha value is -0.830. The fourth-order valence-electron chi connectivity index (χ4n) is 2.03. The van der Waals surface area contributed by atoms with E-state index in [1.54, 1.807) is 0 Å². The molecule has 0 radical (unpaired) electrons. The maximum Gasteiger partial charge on any atom is 0.323 e. The van der Waals surface area contributed by atoms with Gasteiger partial charge >= 0.3 is 5.97 Å². The van der Waals surface area contributed by atoms with Crippen LogP contribution >= 0.6 is 0 Å². The molecule has 0 N–H and O–H groups in total. The van der Waals surface area contributed by atoms with E-state index in [9.17, 15) is 4.79 Å². The molecule has 1 aliphatic rings. The van der Waals surface area contributed by atoms with Crippen LogP contribution in [0.2, 0.25) is 0 Å². The minimum atomic E-state index is -0.400. The Bertz CT molecular complexity index is 268. The highest BCUT2D eigenvalue weighted by Gasteiger charge is 2.35. The molecule has 1 aliphatic heterocycles. The second-order valence-corrected chi connectivity index (χ2v) is 5.41. The number of likely N-dealkylation sites (tertiary alicyclic amines) is 1. The van der Waals surface area contributed by atoms with Crippen LogP contribution in [0.3, 0.4) is 0 Å². The molecule has 3 nitrogen and oxygen atoms in total. The van der Waals surface area contributed by atoms with Crippen LogP contribution in [0.25, 0.3) is 0 Å². The summed E-state index contributed by atoms with van der Waals surface area (Å²) in [7, 11) is 0. The molecular formula is C13H23NO2. The number of carbonyl (C=O) groups excluding carboxylic acids is 1. The molecule has 0 bridgehead atoms. The van der Waals surface area contributed by atoms with E-state index >= 15 is 0 Å². The van der Waals surface area contributed by atoms with Crippen molar-refractivity contribution in [3.05, 3.63) is 12.7 Å². The van der Waals surface area contributed by atoms with Crippen LogP contribution in [0, 0.1) is 0 Å². The molecule has 0 aliphatic carbocycles. The second kappa shape index (κ2) is 5.00. The average molecular weight is 225 g/mol. The van der Waals surface area contributed by atoms with Gasteiger partial charge < -0.3 is 4.74 Å². The Labute approximate surface area is 98.5 Å². The third-order valence-corrected chi connectivity index (χ3v) is 2.84. The smallest absolute Gasteiger partial charge is 0.323 e. The van der Waals surface area contributed by atoms with Gasteiger partial charge in [-0.3, -0.25) is 9.69 Å². The van der Waals surface area contributed by atoms with Gasteiger partial charge in [-0.25, -0.2) is 0 Å². The monoisotopic (exact) mass is 225 g/mol. The zero-order valence-electron chi connectivity index (χ0n) is 10.8. The first-order valence-corrected chi connectivity index (χ1v) is 5.96. The molecule has 3 heteroatoms. The third-order valence-electron chi connectivity index (χ3n) is 2.84. The Morgan fingerprint density at radius 1 is 1.56 bits per heavy atom. The standard InChI is InChI=1S/C13H23NO2/c1-6-10(2)14-9-7-8-11(14)12(15)16-13(3,4)5/h6,10-11H,1,7-9H2,2-5H3/t10?,11-/m1/s1. The maximum absolute atomic E-state index is 12.0. The van der Waals surface area contributed by atoms with Crippen molar-refractivity contribution in [3.8, 4) is 0 Å². The molecule has 0 aromatic heterocycles. The zero-order chi connectivity index (χ0) is 12.3. The van der Waals surface area contributed by atoms with Crippen LogP contribution in [0.1, 0.15) is 40.5 Å². The van der Waals surface area contributed by atoms with Crippen molar-refractivity contribution in [1.29, 1.82) is 0 Å². The highest BCUT2D eigenvalue weighted by Crippen LogP contribution is 2.23. The lowest BCUT2D eigenvalue weighted by atomic mass is 10.1. The quantitative estimate of drug-likeness (QED) is 0.545. The molecule has 1 heterocycles. The van der Waals surface area contributed by atoms with Crippen LogP contribution < -0.4 is 0 Å². The lowest BCUT2D eigenvalue weighted by molar-refractivity contribution is -0.160. The SMILES string of the molecule is C=CC(C)N1CCC[C@@H]1C(=O)OC(C)(C)C. The van der Waals surface area contributed by atoms with E-state index in [0.29, 0.717) is 0 Å². The molecule has 0 spiro atoms. The van der Waals surface area contributed by atoms with Gasteiger partial charge in [0.05, 0.1) is 0 Å². The molecule has 16 heavy (non-hydrogen) atoms. The summed E-state index contributed by atoms with van der Waals surface area (Å²) in [6.07, 6.45) is 3.83. The van der Waals surface area contributed by atoms with E-state index in [0.717, 1.165) is 19.4 Å². The molecule has 0 amide bonds. The Morgan fingerprint density at radius 3 is 2.69 bits per heavy atom. The lowest BCUT2D eigenvalue weighted by Gasteiger charge is -2.29. The van der Waals surface area contributed by atoms with Gasteiger partial charge in [0.15, 0.2) is 0 Å². The van der Waals surface area contributed by atoms with E-state index in [1.165, 1.54) is 0 Å². The first-order chi connectivity index (χ1) is 7.35. The van der Waals surface area contributed by atoms with Crippen molar-refractivity contribution in [2.24, 2.45) is 0 Å². The van der Waals surface area contributed by atoms with Crippen LogP contribution in [0.5, 0.6) is 0 Å². The summed E-state index contributed by atoms with van der Waals surface area (Å²) in [6, 6.07) is 0.146. The minimum Gasteiger partial charge on any atom is -0.459 e. The van der Waals surface area contributed by atoms with Gasteiger partial charge in [-0.15, -0.1) is 6.58 Å². The average Bonchev–Trinajstić information content (AvgIpc) is 2.62. The summed E-state index contributed by atoms with van der Waals surface area (Å²) in [4.78, 5) is 14.2. The van der Waals surface area contributed by atoms with E-state index in [-0.39, 0.29) is 18.1 Å². The molecule has 1 saturated heterocycles. The van der Waals surface area contributed by atoms with Gasteiger partial charge in [0.2, 0.25) is 0 Å². The molecule has 0 aromatic carbocycles. The van der Waals surface area contributed by atoms with Crippen molar-refractivity contribution < 1.29 is 9.53 Å². The van der Waals surface area contributed by atoms with Gasteiger partial charge in [0.1, 0.15) is 11.6 Å².